The average Bonchev–Trinajstić information content (AvgIpc) is 2.43. The summed E-state index contributed by atoms with van der Waals surface area (Å²) in [6, 6.07) is 10.4. The first-order valence-electron chi connectivity index (χ1n) is 6.02. The molecule has 0 aliphatic rings. The largest absolute Gasteiger partial charge is 0.504 e. The molecule has 7 heteroatoms. The normalized spacial score (nSPS) is 10.9. The molecule has 0 unspecified atom stereocenters. The summed E-state index contributed by atoms with van der Waals surface area (Å²) in [4.78, 5) is -0.258. The van der Waals surface area contributed by atoms with Crippen LogP contribution in [0.25, 0.3) is 0 Å². The number of sulfone groups is 1. The maximum Gasteiger partial charge on any atom is 0.210 e. The van der Waals surface area contributed by atoms with Crippen molar-refractivity contribution in [3.8, 4) is 11.5 Å². The Morgan fingerprint density at radius 3 is 2.24 bits per heavy atom. The topological polar surface area (TPSA) is 101 Å². The second-order valence-electron chi connectivity index (χ2n) is 4.32. The third-order valence-corrected chi connectivity index (χ3v) is 4.67. The van der Waals surface area contributed by atoms with Crippen LogP contribution < -0.4 is 5.73 Å². The molecule has 0 heterocycles. The minimum absolute atomic E-state index is 0. The van der Waals surface area contributed by atoms with Crippen molar-refractivity contribution in [1.82, 2.24) is 0 Å². The molecule has 0 radical (unpaired) electrons. The van der Waals surface area contributed by atoms with Gasteiger partial charge in [0.05, 0.1) is 4.90 Å². The summed E-state index contributed by atoms with van der Waals surface area (Å²) in [7, 11) is -3.88. The maximum atomic E-state index is 12.5. The molecule has 2 aromatic carbocycles. The van der Waals surface area contributed by atoms with Crippen LogP contribution in [0.4, 0.5) is 0 Å². The van der Waals surface area contributed by atoms with Crippen LogP contribution in [0.5, 0.6) is 11.5 Å². The fourth-order valence-electron chi connectivity index (χ4n) is 1.89. The zero-order valence-electron chi connectivity index (χ0n) is 11.1. The lowest BCUT2D eigenvalue weighted by Gasteiger charge is -2.10. The summed E-state index contributed by atoms with van der Waals surface area (Å²) in [5.74, 6) is -1.11. The molecule has 0 bridgehead atoms. The Labute approximate surface area is 129 Å². The van der Waals surface area contributed by atoms with Crippen LogP contribution in [0.1, 0.15) is 5.56 Å². The predicted molar refractivity (Wildman–Crippen MR) is 81.7 cm³/mol. The Hall–Kier alpha value is -1.76. The summed E-state index contributed by atoms with van der Waals surface area (Å²) >= 11 is 0. The molecule has 0 aliphatic carbocycles. The number of rotatable bonds is 4. The van der Waals surface area contributed by atoms with Gasteiger partial charge in [-0.15, -0.1) is 12.4 Å². The molecule has 5 nitrogen and oxygen atoms in total. The third-order valence-electron chi connectivity index (χ3n) is 2.89. The Morgan fingerprint density at radius 1 is 1.05 bits per heavy atom. The summed E-state index contributed by atoms with van der Waals surface area (Å²) in [6.45, 7) is 0.315. The van der Waals surface area contributed by atoms with Gasteiger partial charge in [0, 0.05) is 0 Å². The lowest BCUT2D eigenvalue weighted by atomic mass is 10.1. The standard InChI is InChI=1S/C14H15NO4S.ClH/c15-7-6-10-8-12(16)14(17)13(9-10)20(18,19)11-4-2-1-3-5-11;/h1-5,8-9,16-17H,6-7,15H2;1H. The number of hydrogen-bond donors (Lipinski definition) is 3. The SMILES string of the molecule is Cl.NCCc1cc(O)c(O)c(S(=O)(=O)c2ccccc2)c1. The van der Waals surface area contributed by atoms with Crippen molar-refractivity contribution in [3.05, 3.63) is 48.0 Å². The highest BCUT2D eigenvalue weighted by molar-refractivity contribution is 7.91. The fourth-order valence-corrected chi connectivity index (χ4v) is 3.33. The molecule has 0 spiro atoms. The minimum atomic E-state index is -3.88. The van der Waals surface area contributed by atoms with Gasteiger partial charge in [0.15, 0.2) is 11.5 Å². The summed E-state index contributed by atoms with van der Waals surface area (Å²) < 4.78 is 24.9. The predicted octanol–water partition coefficient (Wildman–Crippen LogP) is 1.85. The van der Waals surface area contributed by atoms with Crippen molar-refractivity contribution in [2.75, 3.05) is 6.54 Å². The number of hydrogen-bond acceptors (Lipinski definition) is 5. The second-order valence-corrected chi connectivity index (χ2v) is 6.23. The Kier molecular flexibility index (Phi) is 5.60. The molecular formula is C14H16ClNO4S. The van der Waals surface area contributed by atoms with Gasteiger partial charge in [-0.1, -0.05) is 18.2 Å². The molecule has 4 N–H and O–H groups in total. The third kappa shape index (κ3) is 3.47. The van der Waals surface area contributed by atoms with E-state index in [1.807, 2.05) is 0 Å². The van der Waals surface area contributed by atoms with Crippen molar-refractivity contribution in [3.63, 3.8) is 0 Å². The van der Waals surface area contributed by atoms with Gasteiger partial charge in [-0.05, 0) is 42.8 Å². The van der Waals surface area contributed by atoms with E-state index >= 15 is 0 Å². The first-order chi connectivity index (χ1) is 9.46. The first kappa shape index (κ1) is 17.3. The van der Waals surface area contributed by atoms with E-state index in [4.69, 9.17) is 5.73 Å². The van der Waals surface area contributed by atoms with E-state index in [0.29, 0.717) is 18.5 Å². The minimum Gasteiger partial charge on any atom is -0.504 e. The summed E-state index contributed by atoms with van der Waals surface area (Å²) in [5.41, 5.74) is 5.98. The summed E-state index contributed by atoms with van der Waals surface area (Å²) in [6.07, 6.45) is 0.408. The zero-order valence-corrected chi connectivity index (χ0v) is 12.7. The molecule has 21 heavy (non-hydrogen) atoms. The zero-order chi connectivity index (χ0) is 14.8. The molecule has 2 rings (SSSR count). The van der Waals surface area contributed by atoms with E-state index in [9.17, 15) is 18.6 Å². The maximum absolute atomic E-state index is 12.5. The quantitative estimate of drug-likeness (QED) is 0.743. The summed E-state index contributed by atoms with van der Waals surface area (Å²) in [5, 5.41) is 19.5. The lowest BCUT2D eigenvalue weighted by Crippen LogP contribution is -2.06. The number of phenolic OH excluding ortho intramolecular Hbond substituents is 2. The van der Waals surface area contributed by atoms with Crippen molar-refractivity contribution in [2.45, 2.75) is 16.2 Å². The van der Waals surface area contributed by atoms with Gasteiger partial charge in [0.1, 0.15) is 4.90 Å². The van der Waals surface area contributed by atoms with Gasteiger partial charge >= 0.3 is 0 Å². The van der Waals surface area contributed by atoms with Gasteiger partial charge in [-0.2, -0.15) is 0 Å². The van der Waals surface area contributed by atoms with Gasteiger partial charge in [0.2, 0.25) is 9.84 Å². The Bertz CT molecular complexity index is 717. The molecule has 0 fully saturated rings. The van der Waals surface area contributed by atoms with Gasteiger partial charge in [-0.3, -0.25) is 0 Å². The fraction of sp³-hybridized carbons (Fsp3) is 0.143. The highest BCUT2D eigenvalue weighted by Gasteiger charge is 2.24. The highest BCUT2D eigenvalue weighted by atomic mass is 35.5. The van der Waals surface area contributed by atoms with E-state index in [2.05, 4.69) is 0 Å². The van der Waals surface area contributed by atoms with E-state index in [-0.39, 0.29) is 22.2 Å². The molecule has 114 valence electrons. The van der Waals surface area contributed by atoms with E-state index in [1.165, 1.54) is 24.3 Å². The van der Waals surface area contributed by atoms with Crippen molar-refractivity contribution < 1.29 is 18.6 Å². The van der Waals surface area contributed by atoms with Crippen LogP contribution in [0.2, 0.25) is 0 Å². The molecule has 2 aromatic rings. The van der Waals surface area contributed by atoms with Crippen molar-refractivity contribution in [2.24, 2.45) is 5.73 Å². The first-order valence-corrected chi connectivity index (χ1v) is 7.50. The van der Waals surface area contributed by atoms with Crippen LogP contribution in [-0.2, 0) is 16.3 Å². The Balaban J connectivity index is 0.00000220. The number of aromatic hydroxyl groups is 2. The lowest BCUT2D eigenvalue weighted by molar-refractivity contribution is 0.392. The molecule has 0 amide bonds. The van der Waals surface area contributed by atoms with Crippen LogP contribution in [0.3, 0.4) is 0 Å². The van der Waals surface area contributed by atoms with Crippen molar-refractivity contribution >= 4 is 22.2 Å². The van der Waals surface area contributed by atoms with E-state index in [0.717, 1.165) is 0 Å². The van der Waals surface area contributed by atoms with E-state index in [1.54, 1.807) is 18.2 Å². The molecule has 0 saturated carbocycles. The van der Waals surface area contributed by atoms with Gasteiger partial charge < -0.3 is 15.9 Å². The molecule has 0 atom stereocenters. The molecule has 0 aromatic heterocycles. The van der Waals surface area contributed by atoms with Crippen LogP contribution in [0, 0.1) is 0 Å². The van der Waals surface area contributed by atoms with Crippen LogP contribution in [-0.4, -0.2) is 25.2 Å². The van der Waals surface area contributed by atoms with Crippen LogP contribution in [0.15, 0.2) is 52.3 Å². The van der Waals surface area contributed by atoms with Crippen molar-refractivity contribution in [1.29, 1.82) is 0 Å². The highest BCUT2D eigenvalue weighted by Crippen LogP contribution is 2.36. The van der Waals surface area contributed by atoms with Crippen LogP contribution >= 0.6 is 12.4 Å². The molecular weight excluding hydrogens is 314 g/mol. The smallest absolute Gasteiger partial charge is 0.210 e. The second kappa shape index (κ2) is 6.80. The molecule has 0 aliphatic heterocycles. The molecule has 0 saturated heterocycles. The number of phenols is 2. The van der Waals surface area contributed by atoms with E-state index < -0.39 is 21.3 Å². The average molecular weight is 330 g/mol. The Morgan fingerprint density at radius 2 is 1.67 bits per heavy atom. The number of benzene rings is 2. The number of halogens is 1. The number of nitrogens with two attached hydrogens (primary N) is 1. The van der Waals surface area contributed by atoms with Gasteiger partial charge in [-0.25, -0.2) is 8.42 Å². The van der Waals surface area contributed by atoms with Gasteiger partial charge in [0.25, 0.3) is 0 Å². The monoisotopic (exact) mass is 329 g/mol.